The number of halogens is 3. The highest BCUT2D eigenvalue weighted by molar-refractivity contribution is 5.91. The quantitative estimate of drug-likeness (QED) is 0.191. The molecule has 0 bridgehead atoms. The number of nitrogens with zero attached hydrogens (tertiary/aromatic N) is 8. The smallest absolute Gasteiger partial charge is 0.421 e. The van der Waals surface area contributed by atoms with Crippen molar-refractivity contribution in [2.75, 3.05) is 69.9 Å². The molecule has 0 radical (unpaired) electrons. The molecule has 1 aliphatic heterocycles. The van der Waals surface area contributed by atoms with Gasteiger partial charge in [-0.25, -0.2) is 24.9 Å². The minimum Gasteiger partial charge on any atom is -0.481 e. The summed E-state index contributed by atoms with van der Waals surface area (Å²) in [6, 6.07) is 2.88. The summed E-state index contributed by atoms with van der Waals surface area (Å²) in [5.74, 6) is -0.175. The van der Waals surface area contributed by atoms with Crippen LogP contribution in [-0.4, -0.2) is 112 Å². The van der Waals surface area contributed by atoms with Crippen LogP contribution in [0.25, 0.3) is 33.9 Å². The summed E-state index contributed by atoms with van der Waals surface area (Å²) in [5, 5.41) is 9.04. The number of alkyl halides is 3. The molecule has 4 aromatic heterocycles. The Labute approximate surface area is 287 Å². The summed E-state index contributed by atoms with van der Waals surface area (Å²) in [4.78, 5) is 43.5. The van der Waals surface area contributed by atoms with Crippen molar-refractivity contribution in [3.63, 3.8) is 0 Å². The zero-order valence-corrected chi connectivity index (χ0v) is 28.6. The Hall–Kier alpha value is -4.57. The lowest BCUT2D eigenvalue weighted by atomic mass is 9.69. The molecule has 2 fully saturated rings. The standard InChI is InChI=1S/C34H42F3N9O4/c1-5-50-32-23(34(35,36)37)13-22(15-40-32)24-14-26(44(3)19-33(20-49-4)8-6-9-33)29-31(41-24)43-30(42-29)25-16-39-27(17-38-25)46-12-11-45(18-21(46)2)10-7-28(47)48/h13-17,21H,5-12,18-20H2,1-4H3,(H,47,48)(H,41,42,43)/t21-/m1/s1. The number of methoxy groups -OCH3 is 1. The van der Waals surface area contributed by atoms with Gasteiger partial charge in [0.2, 0.25) is 5.88 Å². The van der Waals surface area contributed by atoms with Crippen molar-refractivity contribution in [2.24, 2.45) is 5.41 Å². The summed E-state index contributed by atoms with van der Waals surface area (Å²) >= 11 is 0. The topological polar surface area (TPSA) is 146 Å². The minimum absolute atomic E-state index is 0.0353. The number of rotatable bonds is 13. The Kier molecular flexibility index (Phi) is 10.1. The number of nitrogens with one attached hydrogen (secondary N) is 1. The van der Waals surface area contributed by atoms with Gasteiger partial charge < -0.3 is 29.4 Å². The van der Waals surface area contributed by atoms with Crippen molar-refractivity contribution in [1.29, 1.82) is 0 Å². The van der Waals surface area contributed by atoms with Crippen molar-refractivity contribution in [2.45, 2.75) is 51.7 Å². The second-order valence-corrected chi connectivity index (χ2v) is 13.2. The largest absolute Gasteiger partial charge is 0.481 e. The summed E-state index contributed by atoms with van der Waals surface area (Å²) in [5.41, 5.74) is 1.57. The molecule has 4 aromatic rings. The Bertz CT molecular complexity index is 1810. The van der Waals surface area contributed by atoms with Crippen molar-refractivity contribution < 1.29 is 32.5 Å². The van der Waals surface area contributed by atoms with Gasteiger partial charge >= 0.3 is 12.1 Å². The van der Waals surface area contributed by atoms with E-state index in [1.165, 1.54) is 6.20 Å². The molecule has 1 aliphatic carbocycles. The number of imidazole rings is 1. The van der Waals surface area contributed by atoms with Crippen LogP contribution in [0.2, 0.25) is 0 Å². The van der Waals surface area contributed by atoms with Crippen molar-refractivity contribution >= 4 is 28.6 Å². The average molecular weight is 698 g/mol. The van der Waals surface area contributed by atoms with Gasteiger partial charge in [-0.3, -0.25) is 9.69 Å². The number of hydrogen-bond donors (Lipinski definition) is 2. The normalized spacial score (nSPS) is 17.9. The Morgan fingerprint density at radius 3 is 2.54 bits per heavy atom. The molecule has 0 unspecified atom stereocenters. The number of H-pyrrole nitrogens is 1. The highest BCUT2D eigenvalue weighted by Gasteiger charge is 2.39. The van der Waals surface area contributed by atoms with E-state index in [9.17, 15) is 18.0 Å². The molecule has 1 atom stereocenters. The van der Waals surface area contributed by atoms with Gasteiger partial charge in [0.1, 0.15) is 22.6 Å². The Morgan fingerprint density at radius 1 is 1.12 bits per heavy atom. The van der Waals surface area contributed by atoms with Crippen LogP contribution in [0.15, 0.2) is 30.7 Å². The van der Waals surface area contributed by atoms with Crippen LogP contribution >= 0.6 is 0 Å². The second kappa shape index (κ2) is 14.3. The SMILES string of the molecule is CCOc1ncc(-c2cc(N(C)CC3(COC)CCC3)c3[nH]c(-c4cnc(N5CCN(CCC(=O)O)C[C@H]5C)cn4)nc3n2)cc1C(F)(F)F. The van der Waals surface area contributed by atoms with E-state index in [0.717, 1.165) is 31.9 Å². The lowest BCUT2D eigenvalue weighted by molar-refractivity contribution is -0.139. The van der Waals surface area contributed by atoms with Crippen molar-refractivity contribution in [3.8, 4) is 28.7 Å². The molecule has 1 saturated carbocycles. The van der Waals surface area contributed by atoms with Gasteiger partial charge in [0.15, 0.2) is 11.5 Å². The first-order valence-electron chi connectivity index (χ1n) is 16.7. The Morgan fingerprint density at radius 2 is 1.92 bits per heavy atom. The monoisotopic (exact) mass is 697 g/mol. The molecule has 2 aliphatic rings. The van der Waals surface area contributed by atoms with Gasteiger partial charge in [0.25, 0.3) is 0 Å². The molecule has 5 heterocycles. The number of piperazine rings is 1. The first kappa shape index (κ1) is 35.3. The third kappa shape index (κ3) is 7.45. The predicted molar refractivity (Wildman–Crippen MR) is 181 cm³/mol. The van der Waals surface area contributed by atoms with Gasteiger partial charge in [-0.1, -0.05) is 6.42 Å². The predicted octanol–water partition coefficient (Wildman–Crippen LogP) is 5.13. The average Bonchev–Trinajstić information content (AvgIpc) is 3.50. The number of fused-ring (bicyclic) bond motifs is 1. The molecule has 6 rings (SSSR count). The molecule has 50 heavy (non-hydrogen) atoms. The second-order valence-electron chi connectivity index (χ2n) is 13.2. The number of carboxylic acids is 1. The Balaban J connectivity index is 1.34. The van der Waals surface area contributed by atoms with E-state index in [1.54, 1.807) is 32.5 Å². The van der Waals surface area contributed by atoms with Gasteiger partial charge in [0.05, 0.1) is 43.4 Å². The van der Waals surface area contributed by atoms with E-state index in [0.29, 0.717) is 67.0 Å². The van der Waals surface area contributed by atoms with E-state index >= 15 is 0 Å². The van der Waals surface area contributed by atoms with E-state index in [4.69, 9.17) is 24.5 Å². The number of aliphatic carboxylic acids is 1. The van der Waals surface area contributed by atoms with Crippen LogP contribution in [0.4, 0.5) is 24.7 Å². The number of carbonyl (C=O) groups is 1. The third-order valence-electron chi connectivity index (χ3n) is 9.55. The molecular weight excluding hydrogens is 655 g/mol. The maximum atomic E-state index is 14.1. The van der Waals surface area contributed by atoms with E-state index < -0.39 is 23.6 Å². The number of ether oxygens (including phenoxy) is 2. The zero-order chi connectivity index (χ0) is 35.6. The summed E-state index contributed by atoms with van der Waals surface area (Å²) in [6.45, 7) is 7.60. The van der Waals surface area contributed by atoms with E-state index in [-0.39, 0.29) is 35.7 Å². The van der Waals surface area contributed by atoms with Crippen molar-refractivity contribution in [3.05, 3.63) is 36.3 Å². The van der Waals surface area contributed by atoms with Crippen LogP contribution < -0.4 is 14.5 Å². The van der Waals surface area contributed by atoms with Crippen LogP contribution in [-0.2, 0) is 15.7 Å². The van der Waals surface area contributed by atoms with Crippen molar-refractivity contribution in [1.82, 2.24) is 34.8 Å². The fraction of sp³-hybridized carbons (Fsp3) is 0.529. The lowest BCUT2D eigenvalue weighted by Crippen LogP contribution is -2.52. The van der Waals surface area contributed by atoms with Crippen LogP contribution in [0.3, 0.4) is 0 Å². The van der Waals surface area contributed by atoms with Gasteiger partial charge in [-0.15, -0.1) is 0 Å². The zero-order valence-electron chi connectivity index (χ0n) is 28.6. The van der Waals surface area contributed by atoms with Gasteiger partial charge in [0, 0.05) is 70.1 Å². The van der Waals surface area contributed by atoms with E-state index in [1.807, 2.05) is 7.05 Å². The highest BCUT2D eigenvalue weighted by Crippen LogP contribution is 2.43. The van der Waals surface area contributed by atoms with Crippen LogP contribution in [0.5, 0.6) is 5.88 Å². The number of pyridine rings is 2. The highest BCUT2D eigenvalue weighted by atomic mass is 19.4. The molecule has 0 spiro atoms. The summed E-state index contributed by atoms with van der Waals surface area (Å²) in [6.07, 6.45) is 3.21. The first-order valence-corrected chi connectivity index (χ1v) is 16.7. The summed E-state index contributed by atoms with van der Waals surface area (Å²) in [7, 11) is 3.64. The molecule has 0 aromatic carbocycles. The number of carboxylic acid groups (broad SMARTS) is 1. The number of aromatic amines is 1. The fourth-order valence-electron chi connectivity index (χ4n) is 6.93. The fourth-order valence-corrected chi connectivity index (χ4v) is 6.93. The number of aromatic nitrogens is 6. The lowest BCUT2D eigenvalue weighted by Gasteiger charge is -2.44. The van der Waals surface area contributed by atoms with E-state index in [2.05, 4.69) is 41.6 Å². The molecule has 268 valence electrons. The molecule has 1 saturated heterocycles. The number of hydrogen-bond acceptors (Lipinski definition) is 11. The molecule has 0 amide bonds. The molecule has 16 heteroatoms. The maximum Gasteiger partial charge on any atom is 0.421 e. The molecule has 13 nitrogen and oxygen atoms in total. The third-order valence-corrected chi connectivity index (χ3v) is 9.55. The first-order chi connectivity index (χ1) is 23.9. The van der Waals surface area contributed by atoms with Gasteiger partial charge in [-0.05, 0) is 38.8 Å². The maximum absolute atomic E-state index is 14.1. The van der Waals surface area contributed by atoms with Crippen LogP contribution in [0, 0.1) is 5.41 Å². The minimum atomic E-state index is -4.68. The number of anilines is 2. The van der Waals surface area contributed by atoms with Crippen LogP contribution in [0.1, 0.15) is 45.1 Å². The molecular formula is C34H42F3N9O4. The molecule has 2 N–H and O–H groups in total. The van der Waals surface area contributed by atoms with Gasteiger partial charge in [-0.2, -0.15) is 13.2 Å². The summed E-state index contributed by atoms with van der Waals surface area (Å²) < 4.78 is 52.9.